The first kappa shape index (κ1) is 3.65. The molecular formula is C4H10N2. The van der Waals surface area contributed by atoms with E-state index < -0.39 is 0 Å². The van der Waals surface area contributed by atoms with Gasteiger partial charge in [-0.3, -0.25) is 0 Å². The zero-order chi connectivity index (χ0) is 4.41. The molecule has 0 amide bonds. The highest BCUT2D eigenvalue weighted by Gasteiger charge is 1.95. The molecule has 0 aromatic heterocycles. The SMILES string of the molecule is CC1=NNCC1.[HH]. The van der Waals surface area contributed by atoms with Gasteiger partial charge in [-0.1, -0.05) is 0 Å². The van der Waals surface area contributed by atoms with Crippen LogP contribution in [0.1, 0.15) is 14.8 Å². The summed E-state index contributed by atoms with van der Waals surface area (Å²) < 4.78 is 0. The minimum atomic E-state index is 0. The minimum Gasteiger partial charge on any atom is -0.310 e. The van der Waals surface area contributed by atoms with Crippen molar-refractivity contribution in [3.63, 3.8) is 0 Å². The van der Waals surface area contributed by atoms with Crippen LogP contribution in [0.25, 0.3) is 0 Å². The lowest BCUT2D eigenvalue weighted by molar-refractivity contribution is 0.813. The molecule has 0 radical (unpaired) electrons. The van der Waals surface area contributed by atoms with E-state index in [2.05, 4.69) is 10.5 Å². The topological polar surface area (TPSA) is 24.4 Å². The van der Waals surface area contributed by atoms with Crippen LogP contribution in [0.5, 0.6) is 0 Å². The molecule has 0 fully saturated rings. The van der Waals surface area contributed by atoms with Crippen molar-refractivity contribution in [2.24, 2.45) is 5.10 Å². The molecule has 0 saturated carbocycles. The summed E-state index contributed by atoms with van der Waals surface area (Å²) in [7, 11) is 0. The van der Waals surface area contributed by atoms with Crippen LogP contribution >= 0.6 is 0 Å². The molecule has 0 unspecified atom stereocenters. The fourth-order valence-electron chi connectivity index (χ4n) is 0.484. The van der Waals surface area contributed by atoms with Gasteiger partial charge in [0.05, 0.1) is 0 Å². The molecule has 0 aliphatic carbocycles. The molecule has 0 aromatic rings. The largest absolute Gasteiger partial charge is 0.310 e. The van der Waals surface area contributed by atoms with Crippen LogP contribution in [0.3, 0.4) is 0 Å². The zero-order valence-corrected chi connectivity index (χ0v) is 3.86. The fraction of sp³-hybridized carbons (Fsp3) is 0.750. The molecule has 0 bridgehead atoms. The van der Waals surface area contributed by atoms with Crippen molar-refractivity contribution in [1.29, 1.82) is 0 Å². The van der Waals surface area contributed by atoms with Gasteiger partial charge in [-0.25, -0.2) is 0 Å². The van der Waals surface area contributed by atoms with Crippen LogP contribution in [-0.2, 0) is 0 Å². The van der Waals surface area contributed by atoms with E-state index in [0.29, 0.717) is 0 Å². The van der Waals surface area contributed by atoms with Crippen LogP contribution in [0, 0.1) is 0 Å². The molecule has 36 valence electrons. The third kappa shape index (κ3) is 0.506. The number of hydrogen-bond acceptors (Lipinski definition) is 2. The highest BCUT2D eigenvalue weighted by molar-refractivity contribution is 5.82. The molecule has 2 nitrogen and oxygen atoms in total. The average Bonchev–Trinajstić information content (AvgIpc) is 1.86. The van der Waals surface area contributed by atoms with Gasteiger partial charge in [-0.2, -0.15) is 5.10 Å². The van der Waals surface area contributed by atoms with E-state index >= 15 is 0 Å². The van der Waals surface area contributed by atoms with Crippen molar-refractivity contribution in [1.82, 2.24) is 5.43 Å². The van der Waals surface area contributed by atoms with Gasteiger partial charge in [0.2, 0.25) is 0 Å². The summed E-state index contributed by atoms with van der Waals surface area (Å²) in [4.78, 5) is 0. The molecule has 2 heteroatoms. The Labute approximate surface area is 38.7 Å². The van der Waals surface area contributed by atoms with E-state index in [1.165, 1.54) is 5.71 Å². The van der Waals surface area contributed by atoms with Crippen molar-refractivity contribution in [3.8, 4) is 0 Å². The molecule has 1 aliphatic rings. The van der Waals surface area contributed by atoms with Crippen LogP contribution < -0.4 is 5.43 Å². The number of hydrogen-bond donors (Lipinski definition) is 1. The van der Waals surface area contributed by atoms with E-state index in [1.54, 1.807) is 0 Å². The van der Waals surface area contributed by atoms with Gasteiger partial charge in [0.1, 0.15) is 0 Å². The Hall–Kier alpha value is -0.530. The minimum absolute atomic E-state index is 0. The highest BCUT2D eigenvalue weighted by atomic mass is 15.3. The lowest BCUT2D eigenvalue weighted by Gasteiger charge is -1.76. The molecule has 0 atom stereocenters. The number of nitrogens with one attached hydrogen (secondary N) is 1. The van der Waals surface area contributed by atoms with Crippen molar-refractivity contribution in [3.05, 3.63) is 0 Å². The summed E-state index contributed by atoms with van der Waals surface area (Å²) in [5.41, 5.74) is 4.08. The average molecular weight is 86.1 g/mol. The van der Waals surface area contributed by atoms with Crippen molar-refractivity contribution < 1.29 is 1.43 Å². The van der Waals surface area contributed by atoms with E-state index in [0.717, 1.165) is 13.0 Å². The van der Waals surface area contributed by atoms with Gasteiger partial charge < -0.3 is 5.43 Å². The summed E-state index contributed by atoms with van der Waals surface area (Å²) in [6.07, 6.45) is 1.12. The molecule has 0 saturated heterocycles. The lowest BCUT2D eigenvalue weighted by Crippen LogP contribution is -1.96. The Kier molecular flexibility index (Phi) is 0.783. The van der Waals surface area contributed by atoms with E-state index in [1.807, 2.05) is 6.92 Å². The second kappa shape index (κ2) is 1.29. The molecule has 1 rings (SSSR count). The monoisotopic (exact) mass is 86.1 g/mol. The maximum Gasteiger partial charge on any atom is 0.0382 e. The summed E-state index contributed by atoms with van der Waals surface area (Å²) in [6, 6.07) is 0. The van der Waals surface area contributed by atoms with Crippen LogP contribution in [0.4, 0.5) is 0 Å². The second-order valence-electron chi connectivity index (χ2n) is 1.51. The Morgan fingerprint density at radius 2 is 2.83 bits per heavy atom. The Balaban J connectivity index is 0.000000360. The summed E-state index contributed by atoms with van der Waals surface area (Å²) >= 11 is 0. The Morgan fingerprint density at radius 1 is 2.00 bits per heavy atom. The molecular weight excluding hydrogens is 76.1 g/mol. The summed E-state index contributed by atoms with van der Waals surface area (Å²) in [5.74, 6) is 0. The Morgan fingerprint density at radius 3 is 3.00 bits per heavy atom. The predicted octanol–water partition coefficient (Wildman–Crippen LogP) is 0.602. The molecule has 1 N–H and O–H groups in total. The second-order valence-corrected chi connectivity index (χ2v) is 1.51. The van der Waals surface area contributed by atoms with E-state index in [9.17, 15) is 0 Å². The molecule has 0 spiro atoms. The van der Waals surface area contributed by atoms with Crippen molar-refractivity contribution >= 4 is 5.71 Å². The third-order valence-corrected chi connectivity index (χ3v) is 0.869. The summed E-state index contributed by atoms with van der Waals surface area (Å²) in [6.45, 7) is 3.06. The molecule has 0 aromatic carbocycles. The smallest absolute Gasteiger partial charge is 0.0382 e. The predicted molar refractivity (Wildman–Crippen MR) is 27.8 cm³/mol. The fourth-order valence-corrected chi connectivity index (χ4v) is 0.484. The maximum atomic E-state index is 3.90. The van der Waals surface area contributed by atoms with Crippen LogP contribution in [0.2, 0.25) is 0 Å². The first-order valence-corrected chi connectivity index (χ1v) is 2.15. The van der Waals surface area contributed by atoms with Gasteiger partial charge in [0, 0.05) is 20.1 Å². The summed E-state index contributed by atoms with van der Waals surface area (Å²) in [5, 5.41) is 3.90. The maximum absolute atomic E-state index is 3.90. The van der Waals surface area contributed by atoms with Gasteiger partial charge in [-0.15, -0.1) is 0 Å². The lowest BCUT2D eigenvalue weighted by atomic mass is 10.3. The van der Waals surface area contributed by atoms with Gasteiger partial charge >= 0.3 is 0 Å². The van der Waals surface area contributed by atoms with Gasteiger partial charge in [0.15, 0.2) is 0 Å². The van der Waals surface area contributed by atoms with E-state index in [-0.39, 0.29) is 1.43 Å². The first-order chi connectivity index (χ1) is 2.89. The van der Waals surface area contributed by atoms with Crippen LogP contribution in [-0.4, -0.2) is 12.3 Å². The molecule has 1 heterocycles. The van der Waals surface area contributed by atoms with E-state index in [4.69, 9.17) is 0 Å². The van der Waals surface area contributed by atoms with Crippen LogP contribution in [0.15, 0.2) is 5.10 Å². The quantitative estimate of drug-likeness (QED) is 0.458. The number of rotatable bonds is 0. The van der Waals surface area contributed by atoms with Crippen molar-refractivity contribution in [2.75, 3.05) is 6.54 Å². The third-order valence-electron chi connectivity index (χ3n) is 0.869. The van der Waals surface area contributed by atoms with Crippen molar-refractivity contribution in [2.45, 2.75) is 13.3 Å². The van der Waals surface area contributed by atoms with Gasteiger partial charge in [0.25, 0.3) is 0 Å². The number of hydrazone groups is 1. The Bertz CT molecular complexity index is 79.8. The highest BCUT2D eigenvalue weighted by Crippen LogP contribution is 1.88. The molecule has 1 aliphatic heterocycles. The standard InChI is InChI=1S/C4H8N2.H2/c1-4-2-3-5-6-4;/h5H,2-3H2,1H3;1H. The molecule has 6 heavy (non-hydrogen) atoms. The van der Waals surface area contributed by atoms with Gasteiger partial charge in [-0.05, 0) is 6.92 Å². The zero-order valence-electron chi connectivity index (χ0n) is 3.86. The number of nitrogens with zero attached hydrogens (tertiary/aromatic N) is 1. The first-order valence-electron chi connectivity index (χ1n) is 2.15. The normalized spacial score (nSPS) is 19.8.